The predicted octanol–water partition coefficient (Wildman–Crippen LogP) is 2.23. The summed E-state index contributed by atoms with van der Waals surface area (Å²) in [5, 5.41) is 11.9. The summed E-state index contributed by atoms with van der Waals surface area (Å²) in [7, 11) is 1.58. The van der Waals surface area contributed by atoms with Gasteiger partial charge in [-0.1, -0.05) is 0 Å². The SMILES string of the molecule is COCCOc1ccc(NC(=O)c2cccnc2)cc1C#N. The van der Waals surface area contributed by atoms with E-state index in [-0.39, 0.29) is 5.91 Å². The number of pyridine rings is 1. The number of methoxy groups -OCH3 is 1. The summed E-state index contributed by atoms with van der Waals surface area (Å²) in [5.74, 6) is 0.170. The molecule has 1 aromatic carbocycles. The summed E-state index contributed by atoms with van der Waals surface area (Å²) in [6.45, 7) is 0.789. The molecule has 1 amide bonds. The Kier molecular flexibility index (Phi) is 5.46. The second-order valence-electron chi connectivity index (χ2n) is 4.36. The van der Waals surface area contributed by atoms with Gasteiger partial charge in [-0.15, -0.1) is 0 Å². The molecule has 0 unspecified atom stereocenters. The minimum atomic E-state index is -0.287. The van der Waals surface area contributed by atoms with Crippen LogP contribution in [0.3, 0.4) is 0 Å². The van der Waals surface area contributed by atoms with Crippen LogP contribution >= 0.6 is 0 Å². The molecule has 0 atom stereocenters. The summed E-state index contributed by atoms with van der Waals surface area (Å²) in [5.41, 5.74) is 1.31. The molecule has 0 fully saturated rings. The molecule has 6 heteroatoms. The van der Waals surface area contributed by atoms with E-state index in [1.165, 1.54) is 6.20 Å². The molecular weight excluding hydrogens is 282 g/mol. The lowest BCUT2D eigenvalue weighted by Crippen LogP contribution is -2.12. The number of ether oxygens (including phenoxy) is 2. The van der Waals surface area contributed by atoms with Crippen molar-refractivity contribution in [1.29, 1.82) is 5.26 Å². The Morgan fingerprint density at radius 3 is 2.91 bits per heavy atom. The minimum absolute atomic E-state index is 0.287. The molecule has 2 aromatic rings. The molecule has 22 heavy (non-hydrogen) atoms. The Morgan fingerprint density at radius 2 is 2.23 bits per heavy atom. The van der Waals surface area contributed by atoms with E-state index in [0.717, 1.165) is 0 Å². The van der Waals surface area contributed by atoms with Crippen molar-refractivity contribution in [3.05, 3.63) is 53.9 Å². The summed E-state index contributed by atoms with van der Waals surface area (Å²) in [6.07, 6.45) is 3.07. The van der Waals surface area contributed by atoms with Crippen LogP contribution in [0.25, 0.3) is 0 Å². The molecule has 0 radical (unpaired) electrons. The fourth-order valence-corrected chi connectivity index (χ4v) is 1.76. The van der Waals surface area contributed by atoms with Gasteiger partial charge in [-0.3, -0.25) is 9.78 Å². The van der Waals surface area contributed by atoms with Crippen molar-refractivity contribution < 1.29 is 14.3 Å². The van der Waals surface area contributed by atoms with E-state index in [2.05, 4.69) is 10.3 Å². The van der Waals surface area contributed by atoms with E-state index >= 15 is 0 Å². The van der Waals surface area contributed by atoms with E-state index < -0.39 is 0 Å². The van der Waals surface area contributed by atoms with Gasteiger partial charge in [-0.05, 0) is 30.3 Å². The van der Waals surface area contributed by atoms with Crippen LogP contribution in [0, 0.1) is 11.3 Å². The molecule has 0 aliphatic rings. The van der Waals surface area contributed by atoms with E-state index in [0.29, 0.717) is 35.8 Å². The molecule has 1 heterocycles. The van der Waals surface area contributed by atoms with Crippen LogP contribution in [0.15, 0.2) is 42.7 Å². The van der Waals surface area contributed by atoms with Crippen molar-refractivity contribution in [1.82, 2.24) is 4.98 Å². The van der Waals surface area contributed by atoms with Crippen LogP contribution in [0.2, 0.25) is 0 Å². The van der Waals surface area contributed by atoms with E-state index in [9.17, 15) is 4.79 Å². The first-order valence-corrected chi connectivity index (χ1v) is 6.62. The van der Waals surface area contributed by atoms with E-state index in [1.807, 2.05) is 6.07 Å². The molecular formula is C16H15N3O3. The average molecular weight is 297 g/mol. The number of amides is 1. The van der Waals surface area contributed by atoms with Crippen LogP contribution in [0.1, 0.15) is 15.9 Å². The van der Waals surface area contributed by atoms with Gasteiger partial charge in [0.1, 0.15) is 18.4 Å². The van der Waals surface area contributed by atoms with Crippen molar-refractivity contribution in [3.8, 4) is 11.8 Å². The minimum Gasteiger partial charge on any atom is -0.490 e. The number of carbonyl (C=O) groups excluding carboxylic acids is 1. The zero-order valence-electron chi connectivity index (χ0n) is 12.1. The number of anilines is 1. The molecule has 2 rings (SSSR count). The molecule has 0 bridgehead atoms. The van der Waals surface area contributed by atoms with Gasteiger partial charge >= 0.3 is 0 Å². The van der Waals surface area contributed by atoms with E-state index in [4.69, 9.17) is 14.7 Å². The fraction of sp³-hybridized carbons (Fsp3) is 0.188. The number of rotatable bonds is 6. The smallest absolute Gasteiger partial charge is 0.257 e. The van der Waals surface area contributed by atoms with Gasteiger partial charge in [0.05, 0.1) is 17.7 Å². The maximum Gasteiger partial charge on any atom is 0.257 e. The highest BCUT2D eigenvalue weighted by Crippen LogP contribution is 2.22. The highest BCUT2D eigenvalue weighted by Gasteiger charge is 2.09. The van der Waals surface area contributed by atoms with Crippen LogP contribution in [-0.4, -0.2) is 31.2 Å². The highest BCUT2D eigenvalue weighted by molar-refractivity contribution is 6.04. The third-order valence-corrected chi connectivity index (χ3v) is 2.83. The predicted molar refractivity (Wildman–Crippen MR) is 80.7 cm³/mol. The lowest BCUT2D eigenvalue weighted by Gasteiger charge is -2.10. The largest absolute Gasteiger partial charge is 0.490 e. The molecule has 0 saturated carbocycles. The first kappa shape index (κ1) is 15.5. The molecule has 0 saturated heterocycles. The third kappa shape index (κ3) is 4.04. The second-order valence-corrected chi connectivity index (χ2v) is 4.36. The van der Waals surface area contributed by atoms with Crippen LogP contribution < -0.4 is 10.1 Å². The number of nitrogens with one attached hydrogen (secondary N) is 1. The zero-order chi connectivity index (χ0) is 15.8. The third-order valence-electron chi connectivity index (χ3n) is 2.83. The second kappa shape index (κ2) is 7.76. The number of benzene rings is 1. The molecule has 112 valence electrons. The first-order valence-electron chi connectivity index (χ1n) is 6.62. The van der Waals surface area contributed by atoms with Crippen molar-refractivity contribution in [2.45, 2.75) is 0 Å². The quantitative estimate of drug-likeness (QED) is 0.826. The van der Waals surface area contributed by atoms with Gasteiger partial charge < -0.3 is 14.8 Å². The van der Waals surface area contributed by atoms with Crippen molar-refractivity contribution in [2.75, 3.05) is 25.6 Å². The lowest BCUT2D eigenvalue weighted by molar-refractivity contribution is 0.102. The van der Waals surface area contributed by atoms with Gasteiger partial charge in [-0.2, -0.15) is 5.26 Å². The standard InChI is InChI=1S/C16H15N3O3/c1-21-7-8-22-15-5-4-14(9-13(15)10-17)19-16(20)12-3-2-6-18-11-12/h2-6,9,11H,7-8H2,1H3,(H,19,20). The van der Waals surface area contributed by atoms with Gasteiger partial charge in [0.2, 0.25) is 0 Å². The summed E-state index contributed by atoms with van der Waals surface area (Å²) in [4.78, 5) is 15.9. The molecule has 0 spiro atoms. The lowest BCUT2D eigenvalue weighted by atomic mass is 10.2. The van der Waals surface area contributed by atoms with Crippen molar-refractivity contribution >= 4 is 11.6 Å². The normalized spacial score (nSPS) is 9.82. The fourth-order valence-electron chi connectivity index (χ4n) is 1.76. The number of nitrogens with zero attached hydrogens (tertiary/aromatic N) is 2. The maximum absolute atomic E-state index is 12.0. The Labute approximate surface area is 128 Å². The van der Waals surface area contributed by atoms with Gasteiger partial charge in [-0.25, -0.2) is 0 Å². The number of hydrogen-bond donors (Lipinski definition) is 1. The Bertz CT molecular complexity index is 681. The number of hydrogen-bond acceptors (Lipinski definition) is 5. The number of carbonyl (C=O) groups is 1. The molecule has 1 N–H and O–H groups in total. The first-order chi connectivity index (χ1) is 10.7. The molecule has 1 aromatic heterocycles. The summed E-state index contributed by atoms with van der Waals surface area (Å²) in [6, 6.07) is 10.3. The van der Waals surface area contributed by atoms with E-state index in [1.54, 1.807) is 43.6 Å². The number of nitriles is 1. The molecule has 6 nitrogen and oxygen atoms in total. The Morgan fingerprint density at radius 1 is 1.36 bits per heavy atom. The highest BCUT2D eigenvalue weighted by atomic mass is 16.5. The van der Waals surface area contributed by atoms with Gasteiger partial charge in [0, 0.05) is 25.2 Å². The topological polar surface area (TPSA) is 84.2 Å². The van der Waals surface area contributed by atoms with Gasteiger partial charge in [0.25, 0.3) is 5.91 Å². The zero-order valence-corrected chi connectivity index (χ0v) is 12.1. The Hall–Kier alpha value is -2.91. The maximum atomic E-state index is 12.0. The molecule has 0 aliphatic heterocycles. The van der Waals surface area contributed by atoms with Crippen molar-refractivity contribution in [2.24, 2.45) is 0 Å². The molecule has 0 aliphatic carbocycles. The monoisotopic (exact) mass is 297 g/mol. The summed E-state index contributed by atoms with van der Waals surface area (Å²) >= 11 is 0. The van der Waals surface area contributed by atoms with Gasteiger partial charge in [0.15, 0.2) is 0 Å². The Balaban J connectivity index is 2.09. The van der Waals surface area contributed by atoms with Crippen LogP contribution in [0.4, 0.5) is 5.69 Å². The summed E-state index contributed by atoms with van der Waals surface area (Å²) < 4.78 is 10.3. The van der Waals surface area contributed by atoms with Crippen LogP contribution in [0.5, 0.6) is 5.75 Å². The van der Waals surface area contributed by atoms with Crippen LogP contribution in [-0.2, 0) is 4.74 Å². The number of aromatic nitrogens is 1. The van der Waals surface area contributed by atoms with Crippen molar-refractivity contribution in [3.63, 3.8) is 0 Å². The average Bonchev–Trinajstić information content (AvgIpc) is 2.57.